The molecule has 0 spiro atoms. The van der Waals surface area contributed by atoms with E-state index in [1.807, 2.05) is 6.92 Å². The number of anilines is 1. The van der Waals surface area contributed by atoms with Gasteiger partial charge >= 0.3 is 0 Å². The second kappa shape index (κ2) is 3.52. The van der Waals surface area contributed by atoms with Crippen LogP contribution in [0.2, 0.25) is 10.0 Å². The van der Waals surface area contributed by atoms with Crippen molar-refractivity contribution in [1.82, 2.24) is 0 Å². The van der Waals surface area contributed by atoms with Gasteiger partial charge in [0.15, 0.2) is 0 Å². The van der Waals surface area contributed by atoms with Crippen molar-refractivity contribution in [2.24, 2.45) is 5.73 Å². The maximum atomic E-state index is 5.80. The van der Waals surface area contributed by atoms with Gasteiger partial charge in [0.25, 0.3) is 0 Å². The van der Waals surface area contributed by atoms with Crippen molar-refractivity contribution in [3.05, 3.63) is 27.7 Å². The maximum absolute atomic E-state index is 5.80. The average Bonchev–Trinajstić information content (AvgIpc) is 1.99. The Kier molecular flexibility index (Phi) is 2.83. The highest BCUT2D eigenvalue weighted by molar-refractivity contribution is 6.38. The molecule has 0 aromatic heterocycles. The lowest BCUT2D eigenvalue weighted by Crippen LogP contribution is -2.05. The second-order valence-electron chi connectivity index (χ2n) is 2.69. The molecule has 0 heterocycles. The first-order valence-corrected chi connectivity index (χ1v) is 4.28. The van der Waals surface area contributed by atoms with Gasteiger partial charge in [-0.3, -0.25) is 0 Å². The summed E-state index contributed by atoms with van der Waals surface area (Å²) in [5.74, 6) is 0. The lowest BCUT2D eigenvalue weighted by atomic mass is 10.1. The van der Waals surface area contributed by atoms with E-state index in [0.717, 1.165) is 5.56 Å². The fourth-order valence-corrected chi connectivity index (χ4v) is 1.37. The fourth-order valence-electron chi connectivity index (χ4n) is 0.867. The summed E-state index contributed by atoms with van der Waals surface area (Å²) in [4.78, 5) is 0. The van der Waals surface area contributed by atoms with Gasteiger partial charge in [0.2, 0.25) is 0 Å². The van der Waals surface area contributed by atoms with Crippen LogP contribution in [0.25, 0.3) is 0 Å². The van der Waals surface area contributed by atoms with Gasteiger partial charge < -0.3 is 11.5 Å². The first kappa shape index (κ1) is 9.65. The summed E-state index contributed by atoms with van der Waals surface area (Å²) in [6, 6.07) is 3.38. The van der Waals surface area contributed by atoms with E-state index in [-0.39, 0.29) is 6.04 Å². The Morgan fingerprint density at radius 3 is 2.00 bits per heavy atom. The van der Waals surface area contributed by atoms with E-state index < -0.39 is 0 Å². The van der Waals surface area contributed by atoms with Crippen molar-refractivity contribution in [3.8, 4) is 0 Å². The molecule has 1 atom stereocenters. The van der Waals surface area contributed by atoms with Crippen LogP contribution >= 0.6 is 23.2 Å². The Morgan fingerprint density at radius 2 is 1.67 bits per heavy atom. The molecule has 0 fully saturated rings. The zero-order chi connectivity index (χ0) is 9.30. The molecule has 2 nitrogen and oxygen atoms in total. The zero-order valence-electron chi connectivity index (χ0n) is 6.64. The van der Waals surface area contributed by atoms with Crippen LogP contribution in [0.5, 0.6) is 0 Å². The normalized spacial score (nSPS) is 13.0. The van der Waals surface area contributed by atoms with E-state index in [0.29, 0.717) is 15.7 Å². The molecule has 0 saturated carbocycles. The van der Waals surface area contributed by atoms with Crippen molar-refractivity contribution in [3.63, 3.8) is 0 Å². The highest BCUT2D eigenvalue weighted by Crippen LogP contribution is 2.30. The molecule has 1 aromatic carbocycles. The van der Waals surface area contributed by atoms with Gasteiger partial charge in [-0.15, -0.1) is 0 Å². The third-order valence-electron chi connectivity index (χ3n) is 1.63. The Bertz CT molecular complexity index is 274. The van der Waals surface area contributed by atoms with Gasteiger partial charge in [-0.05, 0) is 24.6 Å². The quantitative estimate of drug-likeness (QED) is 0.692. The Labute approximate surface area is 81.4 Å². The number of nitrogen functional groups attached to an aromatic ring is 1. The monoisotopic (exact) mass is 204 g/mol. The van der Waals surface area contributed by atoms with Crippen LogP contribution in [0.1, 0.15) is 18.5 Å². The summed E-state index contributed by atoms with van der Waals surface area (Å²) in [5, 5.41) is 0.907. The van der Waals surface area contributed by atoms with Crippen molar-refractivity contribution < 1.29 is 0 Å². The molecule has 0 aliphatic carbocycles. The van der Waals surface area contributed by atoms with E-state index in [2.05, 4.69) is 0 Å². The summed E-state index contributed by atoms with van der Waals surface area (Å²) >= 11 is 11.6. The zero-order valence-corrected chi connectivity index (χ0v) is 8.15. The second-order valence-corrected chi connectivity index (χ2v) is 3.50. The fraction of sp³-hybridized carbons (Fsp3) is 0.250. The number of nitrogens with two attached hydrogens (primary N) is 2. The summed E-state index contributed by atoms with van der Waals surface area (Å²) in [6.07, 6.45) is 0. The Balaban J connectivity index is 3.21. The SMILES string of the molecule is CC(N)c1cc(Cl)c(N)c(Cl)c1. The third kappa shape index (κ3) is 1.83. The number of benzene rings is 1. The molecular formula is C8H10Cl2N2. The van der Waals surface area contributed by atoms with Crippen molar-refractivity contribution in [2.75, 3.05) is 5.73 Å². The van der Waals surface area contributed by atoms with E-state index in [1.54, 1.807) is 12.1 Å². The molecule has 0 amide bonds. The summed E-state index contributed by atoms with van der Waals surface area (Å²) < 4.78 is 0. The molecule has 1 aromatic rings. The largest absolute Gasteiger partial charge is 0.396 e. The smallest absolute Gasteiger partial charge is 0.0693 e. The molecule has 0 aliphatic heterocycles. The number of hydrogen-bond donors (Lipinski definition) is 2. The predicted molar refractivity (Wildman–Crippen MR) is 53.5 cm³/mol. The number of halogens is 2. The van der Waals surface area contributed by atoms with Crippen LogP contribution in [-0.4, -0.2) is 0 Å². The predicted octanol–water partition coefficient (Wildman–Crippen LogP) is 2.60. The first-order chi connectivity index (χ1) is 5.52. The highest BCUT2D eigenvalue weighted by Gasteiger charge is 2.06. The molecule has 4 heteroatoms. The van der Waals surface area contributed by atoms with E-state index in [9.17, 15) is 0 Å². The molecule has 0 bridgehead atoms. The molecule has 4 N–H and O–H groups in total. The molecule has 1 rings (SSSR count). The molecule has 0 radical (unpaired) electrons. The molecule has 66 valence electrons. The van der Waals surface area contributed by atoms with Crippen molar-refractivity contribution in [1.29, 1.82) is 0 Å². The van der Waals surface area contributed by atoms with Crippen molar-refractivity contribution >= 4 is 28.9 Å². The van der Waals surface area contributed by atoms with Gasteiger partial charge in [0.05, 0.1) is 15.7 Å². The standard InChI is InChI=1S/C8H10Cl2N2/c1-4(11)5-2-6(9)8(12)7(10)3-5/h2-4H,11-12H2,1H3. The van der Waals surface area contributed by atoms with Crippen LogP contribution in [-0.2, 0) is 0 Å². The molecule has 0 saturated heterocycles. The highest BCUT2D eigenvalue weighted by atomic mass is 35.5. The third-order valence-corrected chi connectivity index (χ3v) is 2.25. The van der Waals surface area contributed by atoms with E-state index in [1.165, 1.54) is 0 Å². The van der Waals surface area contributed by atoms with Crippen LogP contribution in [0.4, 0.5) is 5.69 Å². The average molecular weight is 205 g/mol. The van der Waals surface area contributed by atoms with Crippen LogP contribution in [0.15, 0.2) is 12.1 Å². The first-order valence-electron chi connectivity index (χ1n) is 3.52. The molecular weight excluding hydrogens is 195 g/mol. The molecule has 1 unspecified atom stereocenters. The van der Waals surface area contributed by atoms with Gasteiger partial charge in [0.1, 0.15) is 0 Å². The lowest BCUT2D eigenvalue weighted by molar-refractivity contribution is 0.818. The Hall–Kier alpha value is -0.440. The van der Waals surface area contributed by atoms with Gasteiger partial charge in [-0.2, -0.15) is 0 Å². The molecule has 12 heavy (non-hydrogen) atoms. The maximum Gasteiger partial charge on any atom is 0.0693 e. The molecule has 0 aliphatic rings. The summed E-state index contributed by atoms with van der Waals surface area (Å²) in [7, 11) is 0. The minimum absolute atomic E-state index is 0.0828. The minimum atomic E-state index is -0.0828. The lowest BCUT2D eigenvalue weighted by Gasteiger charge is -2.08. The summed E-state index contributed by atoms with van der Waals surface area (Å²) in [5.41, 5.74) is 12.5. The van der Waals surface area contributed by atoms with Crippen LogP contribution in [0.3, 0.4) is 0 Å². The number of rotatable bonds is 1. The number of hydrogen-bond acceptors (Lipinski definition) is 2. The van der Waals surface area contributed by atoms with Gasteiger partial charge in [0, 0.05) is 6.04 Å². The van der Waals surface area contributed by atoms with Gasteiger partial charge in [-0.25, -0.2) is 0 Å². The van der Waals surface area contributed by atoms with Crippen LogP contribution in [0, 0.1) is 0 Å². The van der Waals surface area contributed by atoms with E-state index in [4.69, 9.17) is 34.7 Å². The van der Waals surface area contributed by atoms with Crippen LogP contribution < -0.4 is 11.5 Å². The summed E-state index contributed by atoms with van der Waals surface area (Å²) in [6.45, 7) is 1.86. The minimum Gasteiger partial charge on any atom is -0.396 e. The van der Waals surface area contributed by atoms with Gasteiger partial charge in [-0.1, -0.05) is 23.2 Å². The topological polar surface area (TPSA) is 52.0 Å². The van der Waals surface area contributed by atoms with Crippen molar-refractivity contribution in [2.45, 2.75) is 13.0 Å². The Morgan fingerprint density at radius 1 is 1.25 bits per heavy atom. The van der Waals surface area contributed by atoms with E-state index >= 15 is 0 Å².